The van der Waals surface area contributed by atoms with Crippen LogP contribution in [0.25, 0.3) is 0 Å². The highest BCUT2D eigenvalue weighted by Gasteiger charge is 2.34. The van der Waals surface area contributed by atoms with Gasteiger partial charge < -0.3 is 9.80 Å². The largest absolute Gasteiger partial charge is 0.330 e. The fourth-order valence-electron chi connectivity index (χ4n) is 4.40. The van der Waals surface area contributed by atoms with E-state index in [0.717, 1.165) is 23.1 Å². The molecule has 1 atom stereocenters. The Morgan fingerprint density at radius 3 is 2.65 bits per heavy atom. The molecule has 1 aliphatic heterocycles. The summed E-state index contributed by atoms with van der Waals surface area (Å²) in [4.78, 5) is 42.1. The molecule has 0 saturated carbocycles. The predicted molar refractivity (Wildman–Crippen MR) is 132 cm³/mol. The molecule has 1 aromatic heterocycles. The molecule has 0 radical (unpaired) electrons. The average Bonchev–Trinajstić information content (AvgIpc) is 3.32. The van der Waals surface area contributed by atoms with Gasteiger partial charge in [0.2, 0.25) is 5.91 Å². The van der Waals surface area contributed by atoms with E-state index in [2.05, 4.69) is 23.6 Å². The van der Waals surface area contributed by atoms with Crippen molar-refractivity contribution in [2.45, 2.75) is 32.7 Å². The molecule has 1 aliphatic rings. The SMILES string of the molecule is CCCN(CC(=O)N1CCc2sccc2C1c1ccc(C)cc1)C(=O)c1cccc([N+](=O)[O-])c1. The van der Waals surface area contributed by atoms with Crippen LogP contribution in [0.3, 0.4) is 0 Å². The van der Waals surface area contributed by atoms with Gasteiger partial charge in [-0.1, -0.05) is 42.8 Å². The Labute approximate surface area is 202 Å². The first-order chi connectivity index (χ1) is 16.4. The molecule has 0 aliphatic carbocycles. The molecular weight excluding hydrogens is 450 g/mol. The number of hydrogen-bond donors (Lipinski definition) is 0. The summed E-state index contributed by atoms with van der Waals surface area (Å²) < 4.78 is 0. The van der Waals surface area contributed by atoms with E-state index in [4.69, 9.17) is 0 Å². The van der Waals surface area contributed by atoms with Crippen LogP contribution in [0.1, 0.15) is 51.3 Å². The van der Waals surface area contributed by atoms with E-state index >= 15 is 0 Å². The molecule has 34 heavy (non-hydrogen) atoms. The quantitative estimate of drug-likeness (QED) is 0.354. The van der Waals surface area contributed by atoms with Crippen molar-refractivity contribution < 1.29 is 14.5 Å². The number of fused-ring (bicyclic) bond motifs is 1. The molecule has 0 bridgehead atoms. The number of nitro benzene ring substituents is 1. The van der Waals surface area contributed by atoms with Crippen molar-refractivity contribution in [3.05, 3.63) is 97.2 Å². The lowest BCUT2D eigenvalue weighted by Crippen LogP contribution is -2.47. The van der Waals surface area contributed by atoms with E-state index in [1.807, 2.05) is 30.9 Å². The molecule has 3 aromatic rings. The predicted octanol–water partition coefficient (Wildman–Crippen LogP) is 4.99. The Balaban J connectivity index is 1.60. The van der Waals surface area contributed by atoms with Gasteiger partial charge in [0.15, 0.2) is 0 Å². The molecule has 2 aromatic carbocycles. The first kappa shape index (κ1) is 23.6. The summed E-state index contributed by atoms with van der Waals surface area (Å²) in [6, 6.07) is 15.8. The van der Waals surface area contributed by atoms with Gasteiger partial charge in [-0.05, 0) is 48.4 Å². The molecule has 1 unspecified atom stereocenters. The summed E-state index contributed by atoms with van der Waals surface area (Å²) in [5.41, 5.74) is 3.41. The smallest absolute Gasteiger partial charge is 0.270 e. The third-order valence-electron chi connectivity index (χ3n) is 6.09. The van der Waals surface area contributed by atoms with E-state index < -0.39 is 4.92 Å². The van der Waals surface area contributed by atoms with Gasteiger partial charge in [0.25, 0.3) is 11.6 Å². The highest BCUT2D eigenvalue weighted by molar-refractivity contribution is 7.10. The number of carbonyl (C=O) groups is 2. The Hall–Kier alpha value is -3.52. The van der Waals surface area contributed by atoms with Crippen LogP contribution in [0.15, 0.2) is 60.0 Å². The number of aryl methyl sites for hydroxylation is 1. The molecule has 8 heteroatoms. The van der Waals surface area contributed by atoms with E-state index in [-0.39, 0.29) is 35.7 Å². The number of hydrogen-bond acceptors (Lipinski definition) is 5. The first-order valence-corrected chi connectivity index (χ1v) is 12.2. The number of benzene rings is 2. The Morgan fingerprint density at radius 2 is 1.94 bits per heavy atom. The number of nitro groups is 1. The minimum absolute atomic E-state index is 0.0722. The molecule has 176 valence electrons. The fraction of sp³-hybridized carbons (Fsp3) is 0.308. The molecular formula is C26H27N3O4S. The minimum atomic E-state index is -0.523. The summed E-state index contributed by atoms with van der Waals surface area (Å²) in [5, 5.41) is 13.2. The van der Waals surface area contributed by atoms with E-state index in [0.29, 0.717) is 19.5 Å². The van der Waals surface area contributed by atoms with Crippen molar-refractivity contribution in [1.29, 1.82) is 0 Å². The zero-order valence-electron chi connectivity index (χ0n) is 19.3. The van der Waals surface area contributed by atoms with Gasteiger partial charge in [-0.2, -0.15) is 0 Å². The van der Waals surface area contributed by atoms with Gasteiger partial charge in [0.1, 0.15) is 6.54 Å². The molecule has 0 N–H and O–H groups in total. The summed E-state index contributed by atoms with van der Waals surface area (Å²) in [5.74, 6) is -0.506. The standard InChI is InChI=1S/C26H27N3O4S/c1-3-13-27(26(31)20-5-4-6-21(16-20)29(32)33)17-24(30)28-14-11-23-22(12-15-34-23)25(28)19-9-7-18(2)8-10-19/h4-10,12,15-16,25H,3,11,13-14,17H2,1-2H3. The maximum absolute atomic E-state index is 13.6. The minimum Gasteiger partial charge on any atom is -0.330 e. The number of amides is 2. The van der Waals surface area contributed by atoms with Gasteiger partial charge in [-0.25, -0.2) is 0 Å². The number of non-ortho nitro benzene ring substituents is 1. The molecule has 0 saturated heterocycles. The zero-order chi connectivity index (χ0) is 24.2. The maximum atomic E-state index is 13.6. The Kier molecular flexibility index (Phi) is 7.07. The number of nitrogens with zero attached hydrogens (tertiary/aromatic N) is 3. The molecule has 0 fully saturated rings. The summed E-state index contributed by atoms with van der Waals surface area (Å²) in [6.45, 7) is 4.87. The highest BCUT2D eigenvalue weighted by Crippen LogP contribution is 2.38. The first-order valence-electron chi connectivity index (χ1n) is 11.3. The lowest BCUT2D eigenvalue weighted by molar-refractivity contribution is -0.384. The monoisotopic (exact) mass is 477 g/mol. The highest BCUT2D eigenvalue weighted by atomic mass is 32.1. The van der Waals surface area contributed by atoms with Crippen molar-refractivity contribution >= 4 is 28.8 Å². The summed E-state index contributed by atoms with van der Waals surface area (Å²) in [6.07, 6.45) is 1.46. The molecule has 2 heterocycles. The topological polar surface area (TPSA) is 83.8 Å². The van der Waals surface area contributed by atoms with Crippen LogP contribution in [0.2, 0.25) is 0 Å². The summed E-state index contributed by atoms with van der Waals surface area (Å²) >= 11 is 1.71. The Bertz CT molecular complexity index is 1200. The van der Waals surface area contributed by atoms with Crippen LogP contribution in [-0.2, 0) is 11.2 Å². The number of thiophene rings is 1. The van der Waals surface area contributed by atoms with Gasteiger partial charge in [0, 0.05) is 35.7 Å². The van der Waals surface area contributed by atoms with Crippen LogP contribution in [0, 0.1) is 17.0 Å². The Morgan fingerprint density at radius 1 is 1.18 bits per heavy atom. The van der Waals surface area contributed by atoms with Crippen molar-refractivity contribution in [3.8, 4) is 0 Å². The average molecular weight is 478 g/mol. The summed E-state index contributed by atoms with van der Waals surface area (Å²) in [7, 11) is 0. The van der Waals surface area contributed by atoms with Gasteiger partial charge in [-0.15, -0.1) is 11.3 Å². The number of rotatable bonds is 7. The van der Waals surface area contributed by atoms with Crippen LogP contribution >= 0.6 is 11.3 Å². The second kappa shape index (κ2) is 10.2. The fourth-order valence-corrected chi connectivity index (χ4v) is 5.31. The normalized spacial score (nSPS) is 15.0. The van der Waals surface area contributed by atoms with Crippen LogP contribution < -0.4 is 0 Å². The van der Waals surface area contributed by atoms with Crippen molar-refractivity contribution in [2.24, 2.45) is 0 Å². The molecule has 0 spiro atoms. The zero-order valence-corrected chi connectivity index (χ0v) is 20.1. The third-order valence-corrected chi connectivity index (χ3v) is 7.09. The van der Waals surface area contributed by atoms with Gasteiger partial charge in [0.05, 0.1) is 11.0 Å². The van der Waals surface area contributed by atoms with Crippen molar-refractivity contribution in [1.82, 2.24) is 9.80 Å². The van der Waals surface area contributed by atoms with Gasteiger partial charge in [-0.3, -0.25) is 19.7 Å². The molecule has 2 amide bonds. The second-order valence-electron chi connectivity index (χ2n) is 8.48. The van der Waals surface area contributed by atoms with E-state index in [1.165, 1.54) is 28.0 Å². The maximum Gasteiger partial charge on any atom is 0.270 e. The van der Waals surface area contributed by atoms with Crippen LogP contribution in [0.5, 0.6) is 0 Å². The lowest BCUT2D eigenvalue weighted by atomic mass is 9.92. The molecule has 4 rings (SSSR count). The lowest BCUT2D eigenvalue weighted by Gasteiger charge is -2.37. The van der Waals surface area contributed by atoms with Crippen LogP contribution in [0.4, 0.5) is 5.69 Å². The van der Waals surface area contributed by atoms with Gasteiger partial charge >= 0.3 is 0 Å². The van der Waals surface area contributed by atoms with Crippen molar-refractivity contribution in [2.75, 3.05) is 19.6 Å². The third kappa shape index (κ3) is 4.87. The molecule has 7 nitrogen and oxygen atoms in total. The van der Waals surface area contributed by atoms with Crippen molar-refractivity contribution in [3.63, 3.8) is 0 Å². The van der Waals surface area contributed by atoms with E-state index in [9.17, 15) is 19.7 Å². The van der Waals surface area contributed by atoms with Crippen LogP contribution in [-0.4, -0.2) is 46.2 Å². The number of carbonyl (C=O) groups excluding carboxylic acids is 2. The van der Waals surface area contributed by atoms with E-state index in [1.54, 1.807) is 17.4 Å². The second-order valence-corrected chi connectivity index (χ2v) is 9.48.